The maximum Gasteiger partial charge on any atom is 0.161 e. The van der Waals surface area contributed by atoms with Crippen LogP contribution < -0.4 is 15.2 Å². The number of hydrogen-bond acceptors (Lipinski definition) is 4. The molecule has 0 radical (unpaired) electrons. The summed E-state index contributed by atoms with van der Waals surface area (Å²) in [5.41, 5.74) is 7.90. The standard InChI is InChI=1S/C16H23N3O2/c1-3-20-16-12-13(6-9-17)4-5-15(16)21-11-8-14-7-10-18-19(14)2/h4-5,7,10,12H,3,6,8-9,11,17H2,1-2H3. The quantitative estimate of drug-likeness (QED) is 0.806. The van der Waals surface area contributed by atoms with Gasteiger partial charge in [-0.05, 0) is 43.7 Å². The smallest absolute Gasteiger partial charge is 0.161 e. The minimum atomic E-state index is 0.593. The molecular weight excluding hydrogens is 266 g/mol. The molecule has 1 heterocycles. The van der Waals surface area contributed by atoms with Crippen LogP contribution in [0, 0.1) is 0 Å². The molecule has 2 N–H and O–H groups in total. The van der Waals surface area contributed by atoms with E-state index < -0.39 is 0 Å². The zero-order valence-electron chi connectivity index (χ0n) is 12.7. The van der Waals surface area contributed by atoms with Crippen LogP contribution in [0.3, 0.4) is 0 Å². The molecule has 114 valence electrons. The zero-order valence-corrected chi connectivity index (χ0v) is 12.7. The van der Waals surface area contributed by atoms with Crippen LogP contribution in [-0.4, -0.2) is 29.5 Å². The van der Waals surface area contributed by atoms with E-state index >= 15 is 0 Å². The van der Waals surface area contributed by atoms with Gasteiger partial charge in [0.2, 0.25) is 0 Å². The molecule has 2 aromatic rings. The Bertz CT molecular complexity index is 566. The van der Waals surface area contributed by atoms with Crippen LogP contribution in [0.2, 0.25) is 0 Å². The molecule has 21 heavy (non-hydrogen) atoms. The van der Waals surface area contributed by atoms with Crippen LogP contribution in [0.4, 0.5) is 0 Å². The number of aromatic nitrogens is 2. The van der Waals surface area contributed by atoms with E-state index in [-0.39, 0.29) is 0 Å². The normalized spacial score (nSPS) is 10.6. The van der Waals surface area contributed by atoms with Crippen LogP contribution >= 0.6 is 0 Å². The molecule has 5 heteroatoms. The van der Waals surface area contributed by atoms with Crippen molar-refractivity contribution in [3.05, 3.63) is 41.7 Å². The number of nitrogens with two attached hydrogens (primary N) is 1. The average Bonchev–Trinajstić information content (AvgIpc) is 2.87. The molecule has 1 aromatic carbocycles. The minimum absolute atomic E-state index is 0.593. The van der Waals surface area contributed by atoms with Crippen molar-refractivity contribution in [3.63, 3.8) is 0 Å². The van der Waals surface area contributed by atoms with Crippen molar-refractivity contribution in [2.24, 2.45) is 12.8 Å². The lowest BCUT2D eigenvalue weighted by Gasteiger charge is -2.13. The molecule has 0 spiro atoms. The number of rotatable bonds is 8. The highest BCUT2D eigenvalue weighted by atomic mass is 16.5. The van der Waals surface area contributed by atoms with Gasteiger partial charge in [0.15, 0.2) is 11.5 Å². The average molecular weight is 289 g/mol. The summed E-state index contributed by atoms with van der Waals surface area (Å²) in [6, 6.07) is 8.00. The molecule has 5 nitrogen and oxygen atoms in total. The van der Waals surface area contributed by atoms with Crippen LogP contribution in [-0.2, 0) is 19.9 Å². The van der Waals surface area contributed by atoms with Crippen LogP contribution in [0.25, 0.3) is 0 Å². The lowest BCUT2D eigenvalue weighted by molar-refractivity contribution is 0.277. The van der Waals surface area contributed by atoms with Crippen molar-refractivity contribution in [1.82, 2.24) is 9.78 Å². The Hall–Kier alpha value is -2.01. The largest absolute Gasteiger partial charge is 0.490 e. The maximum absolute atomic E-state index is 5.85. The first-order chi connectivity index (χ1) is 10.2. The number of aryl methyl sites for hydroxylation is 1. The molecule has 0 aliphatic heterocycles. The Morgan fingerprint density at radius 3 is 2.67 bits per heavy atom. The van der Waals surface area contributed by atoms with Gasteiger partial charge in [-0.1, -0.05) is 6.07 Å². The second-order valence-electron chi connectivity index (χ2n) is 4.80. The highest BCUT2D eigenvalue weighted by Crippen LogP contribution is 2.28. The van der Waals surface area contributed by atoms with Crippen LogP contribution in [0.15, 0.2) is 30.5 Å². The third-order valence-corrected chi connectivity index (χ3v) is 3.28. The summed E-state index contributed by atoms with van der Waals surface area (Å²) in [5.74, 6) is 1.56. The molecule has 0 aliphatic rings. The summed E-state index contributed by atoms with van der Waals surface area (Å²) in [5, 5.41) is 4.15. The van der Waals surface area contributed by atoms with E-state index in [1.165, 1.54) is 5.56 Å². The van der Waals surface area contributed by atoms with Crippen molar-refractivity contribution in [2.75, 3.05) is 19.8 Å². The van der Waals surface area contributed by atoms with Gasteiger partial charge in [0.1, 0.15) is 0 Å². The number of hydrogen-bond donors (Lipinski definition) is 1. The molecule has 0 amide bonds. The number of nitrogens with zero attached hydrogens (tertiary/aromatic N) is 2. The predicted octanol–water partition coefficient (Wildman–Crippen LogP) is 1.94. The van der Waals surface area contributed by atoms with E-state index in [4.69, 9.17) is 15.2 Å². The summed E-state index contributed by atoms with van der Waals surface area (Å²) >= 11 is 0. The summed E-state index contributed by atoms with van der Waals surface area (Å²) in [7, 11) is 1.93. The van der Waals surface area contributed by atoms with Gasteiger partial charge in [0, 0.05) is 25.4 Å². The molecular formula is C16H23N3O2. The summed E-state index contributed by atoms with van der Waals surface area (Å²) < 4.78 is 13.4. The Morgan fingerprint density at radius 2 is 2.00 bits per heavy atom. The van der Waals surface area contributed by atoms with E-state index in [0.717, 1.165) is 30.0 Å². The van der Waals surface area contributed by atoms with Crippen molar-refractivity contribution < 1.29 is 9.47 Å². The van der Waals surface area contributed by atoms with Crippen LogP contribution in [0.1, 0.15) is 18.2 Å². The lowest BCUT2D eigenvalue weighted by Crippen LogP contribution is -2.08. The van der Waals surface area contributed by atoms with E-state index in [2.05, 4.69) is 5.10 Å². The van der Waals surface area contributed by atoms with Gasteiger partial charge in [-0.15, -0.1) is 0 Å². The van der Waals surface area contributed by atoms with Gasteiger partial charge in [0.25, 0.3) is 0 Å². The Kier molecular flexibility index (Phi) is 5.63. The lowest BCUT2D eigenvalue weighted by atomic mass is 10.1. The van der Waals surface area contributed by atoms with Gasteiger partial charge in [-0.3, -0.25) is 4.68 Å². The maximum atomic E-state index is 5.85. The van der Waals surface area contributed by atoms with Gasteiger partial charge < -0.3 is 15.2 Å². The third kappa shape index (κ3) is 4.23. The highest BCUT2D eigenvalue weighted by molar-refractivity contribution is 5.43. The van der Waals surface area contributed by atoms with E-state index in [9.17, 15) is 0 Å². The number of ether oxygens (including phenoxy) is 2. The first kappa shape index (κ1) is 15.4. The first-order valence-corrected chi connectivity index (χ1v) is 7.30. The summed E-state index contributed by atoms with van der Waals surface area (Å²) in [6.45, 7) is 3.81. The monoisotopic (exact) mass is 289 g/mol. The van der Waals surface area contributed by atoms with Crippen molar-refractivity contribution in [2.45, 2.75) is 19.8 Å². The molecule has 1 aromatic heterocycles. The van der Waals surface area contributed by atoms with E-state index in [0.29, 0.717) is 19.8 Å². The van der Waals surface area contributed by atoms with Gasteiger partial charge >= 0.3 is 0 Å². The Balaban J connectivity index is 1.99. The minimum Gasteiger partial charge on any atom is -0.490 e. The highest BCUT2D eigenvalue weighted by Gasteiger charge is 2.07. The van der Waals surface area contributed by atoms with Gasteiger partial charge in [0.05, 0.1) is 13.2 Å². The van der Waals surface area contributed by atoms with Crippen molar-refractivity contribution in [1.29, 1.82) is 0 Å². The second kappa shape index (κ2) is 7.69. The first-order valence-electron chi connectivity index (χ1n) is 7.30. The Labute approximate surface area is 125 Å². The fourth-order valence-corrected chi connectivity index (χ4v) is 2.17. The third-order valence-electron chi connectivity index (χ3n) is 3.28. The molecule has 0 aliphatic carbocycles. The fourth-order valence-electron chi connectivity index (χ4n) is 2.17. The molecule has 0 saturated carbocycles. The number of benzene rings is 1. The summed E-state index contributed by atoms with van der Waals surface area (Å²) in [4.78, 5) is 0. The van der Waals surface area contributed by atoms with E-state index in [1.807, 2.05) is 42.9 Å². The topological polar surface area (TPSA) is 62.3 Å². The summed E-state index contributed by atoms with van der Waals surface area (Å²) in [6.07, 6.45) is 3.45. The van der Waals surface area contributed by atoms with Crippen LogP contribution in [0.5, 0.6) is 11.5 Å². The fraction of sp³-hybridized carbons (Fsp3) is 0.438. The molecule has 0 unspecified atom stereocenters. The molecule has 0 bridgehead atoms. The molecule has 0 saturated heterocycles. The van der Waals surface area contributed by atoms with E-state index in [1.54, 1.807) is 6.20 Å². The molecule has 2 rings (SSSR count). The van der Waals surface area contributed by atoms with Crippen molar-refractivity contribution in [3.8, 4) is 11.5 Å². The van der Waals surface area contributed by atoms with Gasteiger partial charge in [-0.2, -0.15) is 5.10 Å². The predicted molar refractivity (Wildman–Crippen MR) is 82.8 cm³/mol. The zero-order chi connectivity index (χ0) is 15.1. The van der Waals surface area contributed by atoms with Gasteiger partial charge in [-0.25, -0.2) is 0 Å². The Morgan fingerprint density at radius 1 is 1.14 bits per heavy atom. The second-order valence-corrected chi connectivity index (χ2v) is 4.80. The molecule has 0 atom stereocenters. The SMILES string of the molecule is CCOc1cc(CCN)ccc1OCCc1ccnn1C. The van der Waals surface area contributed by atoms with Crippen molar-refractivity contribution >= 4 is 0 Å². The molecule has 0 fully saturated rings.